The average Bonchev–Trinajstić information content (AvgIpc) is 2.38. The number of pyridine rings is 1. The minimum Gasteiger partial charge on any atom is -0.328 e. The second kappa shape index (κ2) is 4.89. The van der Waals surface area contributed by atoms with Crippen LogP contribution in [0.2, 0.25) is 0 Å². The third kappa shape index (κ3) is 2.68. The summed E-state index contributed by atoms with van der Waals surface area (Å²) >= 11 is 0. The Balaban J connectivity index is 2.45. The third-order valence-corrected chi connectivity index (χ3v) is 4.56. The number of nitrogens with one attached hydrogen (secondary N) is 1. The lowest BCUT2D eigenvalue weighted by Gasteiger charge is -2.19. The summed E-state index contributed by atoms with van der Waals surface area (Å²) in [5.74, 6) is 0. The summed E-state index contributed by atoms with van der Waals surface area (Å²) in [6, 6.07) is 9.67. The molecule has 0 bridgehead atoms. The highest BCUT2D eigenvalue weighted by molar-refractivity contribution is 7.92. The number of aromatic nitrogens is 1. The summed E-state index contributed by atoms with van der Waals surface area (Å²) in [6.45, 7) is 1.89. The quantitative estimate of drug-likeness (QED) is 0.925. The first-order chi connectivity index (χ1) is 8.91. The lowest BCUT2D eigenvalue weighted by atomic mass is 10.2. The van der Waals surface area contributed by atoms with Crippen LogP contribution in [0.5, 0.6) is 0 Å². The predicted molar refractivity (Wildman–Crippen MR) is 73.8 cm³/mol. The second-order valence-electron chi connectivity index (χ2n) is 4.20. The number of rotatable bonds is 3. The van der Waals surface area contributed by atoms with Crippen molar-refractivity contribution in [2.24, 2.45) is 0 Å². The Kier molecular flexibility index (Phi) is 3.44. The SMILES string of the molecule is Cc1cccc(N(C)S(=O)(=O)c2ccc(=O)[nH]c2)c1. The molecule has 0 unspecified atom stereocenters. The van der Waals surface area contributed by atoms with Crippen LogP contribution in [-0.4, -0.2) is 20.4 Å². The van der Waals surface area contributed by atoms with Crippen LogP contribution in [0.3, 0.4) is 0 Å². The monoisotopic (exact) mass is 278 g/mol. The van der Waals surface area contributed by atoms with Gasteiger partial charge in [0.15, 0.2) is 0 Å². The predicted octanol–water partition coefficient (Wildman–Crippen LogP) is 1.51. The number of H-pyrrole nitrogens is 1. The summed E-state index contributed by atoms with van der Waals surface area (Å²) in [6.07, 6.45) is 1.20. The molecule has 0 aliphatic carbocycles. The molecule has 5 nitrogen and oxygen atoms in total. The van der Waals surface area contributed by atoms with Crippen molar-refractivity contribution < 1.29 is 8.42 Å². The highest BCUT2D eigenvalue weighted by Gasteiger charge is 2.21. The summed E-state index contributed by atoms with van der Waals surface area (Å²) < 4.78 is 25.9. The van der Waals surface area contributed by atoms with Crippen LogP contribution < -0.4 is 9.86 Å². The first kappa shape index (κ1) is 13.4. The Bertz CT molecular complexity index is 730. The molecule has 100 valence electrons. The van der Waals surface area contributed by atoms with E-state index in [4.69, 9.17) is 0 Å². The van der Waals surface area contributed by atoms with E-state index in [2.05, 4.69) is 4.98 Å². The van der Waals surface area contributed by atoms with Crippen LogP contribution in [0, 0.1) is 6.92 Å². The van der Waals surface area contributed by atoms with Gasteiger partial charge in [-0.25, -0.2) is 8.42 Å². The highest BCUT2D eigenvalue weighted by atomic mass is 32.2. The molecule has 0 atom stereocenters. The smallest absolute Gasteiger partial charge is 0.265 e. The van der Waals surface area contributed by atoms with Gasteiger partial charge in [0.05, 0.1) is 5.69 Å². The Morgan fingerprint density at radius 3 is 2.47 bits per heavy atom. The Morgan fingerprint density at radius 2 is 1.89 bits per heavy atom. The molecule has 0 aliphatic rings. The van der Waals surface area contributed by atoms with Gasteiger partial charge >= 0.3 is 0 Å². The Hall–Kier alpha value is -2.08. The van der Waals surface area contributed by atoms with Crippen molar-refractivity contribution in [2.75, 3.05) is 11.4 Å². The van der Waals surface area contributed by atoms with Crippen molar-refractivity contribution >= 4 is 15.7 Å². The molecular weight excluding hydrogens is 264 g/mol. The maximum atomic E-state index is 12.4. The van der Waals surface area contributed by atoms with E-state index < -0.39 is 10.0 Å². The summed E-state index contributed by atoms with van der Waals surface area (Å²) in [5, 5.41) is 0. The maximum absolute atomic E-state index is 12.4. The molecule has 1 N–H and O–H groups in total. The Labute approximate surface area is 111 Å². The van der Waals surface area contributed by atoms with Gasteiger partial charge in [0.2, 0.25) is 5.56 Å². The van der Waals surface area contributed by atoms with E-state index in [1.807, 2.05) is 13.0 Å². The molecule has 1 aromatic carbocycles. The van der Waals surface area contributed by atoms with E-state index in [-0.39, 0.29) is 10.5 Å². The number of sulfonamides is 1. The number of anilines is 1. The highest BCUT2D eigenvalue weighted by Crippen LogP contribution is 2.21. The zero-order valence-corrected chi connectivity index (χ0v) is 11.4. The van der Waals surface area contributed by atoms with Crippen LogP contribution in [-0.2, 0) is 10.0 Å². The molecule has 0 fully saturated rings. The lowest BCUT2D eigenvalue weighted by Crippen LogP contribution is -2.27. The molecule has 0 spiro atoms. The number of nitrogens with zero attached hydrogens (tertiary/aromatic N) is 1. The normalized spacial score (nSPS) is 11.3. The number of aromatic amines is 1. The number of aryl methyl sites for hydroxylation is 1. The number of hydrogen-bond acceptors (Lipinski definition) is 3. The molecule has 0 saturated heterocycles. The van der Waals surface area contributed by atoms with E-state index >= 15 is 0 Å². The fraction of sp³-hybridized carbons (Fsp3) is 0.154. The van der Waals surface area contributed by atoms with Crippen molar-refractivity contribution in [3.63, 3.8) is 0 Å². The standard InChI is InChI=1S/C13H14N2O3S/c1-10-4-3-5-11(8-10)15(2)19(17,18)12-6-7-13(16)14-9-12/h3-9H,1-2H3,(H,14,16). The van der Waals surface area contributed by atoms with E-state index in [9.17, 15) is 13.2 Å². The third-order valence-electron chi connectivity index (χ3n) is 2.78. The van der Waals surface area contributed by atoms with Crippen molar-refractivity contribution in [1.29, 1.82) is 0 Å². The molecule has 1 aromatic heterocycles. The van der Waals surface area contributed by atoms with Gasteiger partial charge in [-0.2, -0.15) is 0 Å². The van der Waals surface area contributed by atoms with E-state index in [1.165, 1.54) is 29.7 Å². The van der Waals surface area contributed by atoms with Crippen LogP contribution >= 0.6 is 0 Å². The fourth-order valence-electron chi connectivity index (χ4n) is 1.68. The van der Waals surface area contributed by atoms with Gasteiger partial charge in [-0.05, 0) is 30.7 Å². The molecule has 0 aliphatic heterocycles. The van der Waals surface area contributed by atoms with Crippen molar-refractivity contribution in [3.8, 4) is 0 Å². The first-order valence-electron chi connectivity index (χ1n) is 5.65. The van der Waals surface area contributed by atoms with Crippen LogP contribution in [0.4, 0.5) is 5.69 Å². The maximum Gasteiger partial charge on any atom is 0.265 e. The van der Waals surface area contributed by atoms with E-state index in [0.29, 0.717) is 5.69 Å². The number of benzene rings is 1. The van der Waals surface area contributed by atoms with Gasteiger partial charge in [-0.15, -0.1) is 0 Å². The number of hydrogen-bond donors (Lipinski definition) is 1. The lowest BCUT2D eigenvalue weighted by molar-refractivity contribution is 0.594. The molecule has 1 heterocycles. The van der Waals surface area contributed by atoms with Gasteiger partial charge < -0.3 is 4.98 Å². The first-order valence-corrected chi connectivity index (χ1v) is 7.09. The molecule has 0 radical (unpaired) electrons. The molecule has 6 heteroatoms. The molecular formula is C13H14N2O3S. The minimum absolute atomic E-state index is 0.0520. The van der Waals surface area contributed by atoms with E-state index in [0.717, 1.165) is 5.56 Å². The van der Waals surface area contributed by atoms with Crippen LogP contribution in [0.25, 0.3) is 0 Å². The van der Waals surface area contributed by atoms with E-state index in [1.54, 1.807) is 18.2 Å². The molecule has 0 amide bonds. The van der Waals surface area contributed by atoms with Gasteiger partial charge in [-0.3, -0.25) is 9.10 Å². The largest absolute Gasteiger partial charge is 0.328 e. The summed E-state index contributed by atoms with van der Waals surface area (Å²) in [5.41, 5.74) is 1.21. The molecule has 0 saturated carbocycles. The molecule has 19 heavy (non-hydrogen) atoms. The topological polar surface area (TPSA) is 70.2 Å². The fourth-order valence-corrected chi connectivity index (χ4v) is 2.83. The van der Waals surface area contributed by atoms with Crippen molar-refractivity contribution in [1.82, 2.24) is 4.98 Å². The molecule has 2 aromatic rings. The van der Waals surface area contributed by atoms with Crippen LogP contribution in [0.1, 0.15) is 5.56 Å². The average molecular weight is 278 g/mol. The zero-order valence-electron chi connectivity index (χ0n) is 10.6. The summed E-state index contributed by atoms with van der Waals surface area (Å²) in [4.78, 5) is 13.4. The Morgan fingerprint density at radius 1 is 1.16 bits per heavy atom. The van der Waals surface area contributed by atoms with Gasteiger partial charge in [-0.1, -0.05) is 12.1 Å². The zero-order chi connectivity index (χ0) is 14.0. The van der Waals surface area contributed by atoms with Crippen LogP contribution in [0.15, 0.2) is 52.3 Å². The van der Waals surface area contributed by atoms with Gasteiger partial charge in [0, 0.05) is 19.3 Å². The minimum atomic E-state index is -3.66. The van der Waals surface area contributed by atoms with Gasteiger partial charge in [0.1, 0.15) is 4.90 Å². The second-order valence-corrected chi connectivity index (χ2v) is 6.17. The summed E-state index contributed by atoms with van der Waals surface area (Å²) in [7, 11) is -2.18. The van der Waals surface area contributed by atoms with Crippen molar-refractivity contribution in [2.45, 2.75) is 11.8 Å². The van der Waals surface area contributed by atoms with Crippen molar-refractivity contribution in [3.05, 3.63) is 58.5 Å². The van der Waals surface area contributed by atoms with Gasteiger partial charge in [0.25, 0.3) is 10.0 Å². The molecule has 2 rings (SSSR count).